The molecule has 37 heavy (non-hydrogen) atoms. The number of benzene rings is 1. The molecule has 0 radical (unpaired) electrons. The lowest BCUT2D eigenvalue weighted by Crippen LogP contribution is -2.36. The summed E-state index contributed by atoms with van der Waals surface area (Å²) >= 11 is 6.15. The Kier molecular flexibility index (Phi) is 8.35. The third-order valence-corrected chi connectivity index (χ3v) is 7.49. The van der Waals surface area contributed by atoms with Gasteiger partial charge in [-0.2, -0.15) is 15.1 Å². The van der Waals surface area contributed by atoms with Crippen LogP contribution in [-0.2, 0) is 23.4 Å². The third-order valence-electron chi connectivity index (χ3n) is 5.58. The molecule has 1 fully saturated rings. The SMILES string of the molecule is CC(C)OC(=O)[C@@H](C)NP(=O)(OC[C@@H]1C[C@H](C)C(n2cnc3c(Cl)nc(N)nc32)O1)Oc1ccccc1. The van der Waals surface area contributed by atoms with Gasteiger partial charge >= 0.3 is 13.7 Å². The zero-order valence-electron chi connectivity index (χ0n) is 20.9. The number of aromatic nitrogens is 4. The molecule has 1 aromatic carbocycles. The fourth-order valence-corrected chi connectivity index (χ4v) is 5.71. The first-order chi connectivity index (χ1) is 17.5. The molecule has 3 aromatic rings. The highest BCUT2D eigenvalue weighted by Gasteiger charge is 2.38. The van der Waals surface area contributed by atoms with Crippen molar-refractivity contribution in [3.63, 3.8) is 0 Å². The highest BCUT2D eigenvalue weighted by Crippen LogP contribution is 2.46. The van der Waals surface area contributed by atoms with E-state index in [-0.39, 0.29) is 29.7 Å². The Morgan fingerprint density at radius 2 is 2.03 bits per heavy atom. The van der Waals surface area contributed by atoms with E-state index in [1.807, 2.05) is 6.92 Å². The number of halogens is 1. The quantitative estimate of drug-likeness (QED) is 0.212. The molecular formula is C23H30ClN6O6P. The molecule has 3 N–H and O–H groups in total. The maximum Gasteiger partial charge on any atom is 0.459 e. The Morgan fingerprint density at radius 3 is 2.73 bits per heavy atom. The van der Waals surface area contributed by atoms with Gasteiger partial charge in [0, 0.05) is 5.92 Å². The van der Waals surface area contributed by atoms with Gasteiger partial charge in [-0.05, 0) is 39.3 Å². The molecule has 2 unspecified atom stereocenters. The van der Waals surface area contributed by atoms with E-state index in [1.54, 1.807) is 55.1 Å². The average molecular weight is 553 g/mol. The molecule has 4 rings (SSSR count). The number of ether oxygens (including phenoxy) is 2. The lowest BCUT2D eigenvalue weighted by Gasteiger charge is -2.24. The number of hydrogen-bond donors (Lipinski definition) is 2. The van der Waals surface area contributed by atoms with Crippen LogP contribution in [0.1, 0.15) is 40.3 Å². The molecule has 200 valence electrons. The topological polar surface area (TPSA) is 153 Å². The molecular weight excluding hydrogens is 523 g/mol. The van der Waals surface area contributed by atoms with Crippen molar-refractivity contribution in [2.75, 3.05) is 12.3 Å². The van der Waals surface area contributed by atoms with Crippen molar-refractivity contribution >= 4 is 42.4 Å². The molecule has 1 aliphatic heterocycles. The number of anilines is 1. The summed E-state index contributed by atoms with van der Waals surface area (Å²) in [7, 11) is -4.00. The highest BCUT2D eigenvalue weighted by molar-refractivity contribution is 7.52. The van der Waals surface area contributed by atoms with Crippen molar-refractivity contribution in [1.82, 2.24) is 24.6 Å². The number of nitrogen functional groups attached to an aromatic ring is 1. The lowest BCUT2D eigenvalue weighted by molar-refractivity contribution is -0.149. The number of esters is 1. The highest BCUT2D eigenvalue weighted by atomic mass is 35.5. The van der Waals surface area contributed by atoms with Crippen molar-refractivity contribution in [2.24, 2.45) is 5.92 Å². The number of para-hydroxylation sites is 1. The Hall–Kier alpha value is -2.76. The minimum absolute atomic E-state index is 0.0278. The van der Waals surface area contributed by atoms with E-state index in [0.717, 1.165) is 0 Å². The summed E-state index contributed by atoms with van der Waals surface area (Å²) in [5, 5.41) is 2.83. The van der Waals surface area contributed by atoms with Crippen LogP contribution in [0.25, 0.3) is 11.2 Å². The Balaban J connectivity index is 1.47. The number of rotatable bonds is 10. The first-order valence-corrected chi connectivity index (χ1v) is 13.7. The number of carbonyl (C=O) groups excluding carboxylic acids is 1. The molecule has 0 saturated carbocycles. The molecule has 2 aromatic heterocycles. The number of nitrogens with one attached hydrogen (secondary N) is 1. The van der Waals surface area contributed by atoms with Gasteiger partial charge < -0.3 is 19.7 Å². The first-order valence-electron chi connectivity index (χ1n) is 11.8. The van der Waals surface area contributed by atoms with Gasteiger partial charge in [0.15, 0.2) is 10.8 Å². The van der Waals surface area contributed by atoms with Gasteiger partial charge in [0.2, 0.25) is 5.95 Å². The Labute approximate surface area is 219 Å². The van der Waals surface area contributed by atoms with Crippen molar-refractivity contribution in [2.45, 2.75) is 58.6 Å². The fraction of sp³-hybridized carbons (Fsp3) is 0.478. The van der Waals surface area contributed by atoms with Crippen molar-refractivity contribution in [1.29, 1.82) is 0 Å². The fourth-order valence-electron chi connectivity index (χ4n) is 3.96. The van der Waals surface area contributed by atoms with Gasteiger partial charge in [-0.15, -0.1) is 0 Å². The summed E-state index contributed by atoms with van der Waals surface area (Å²) in [6.07, 6.45) is 0.967. The van der Waals surface area contributed by atoms with Crippen LogP contribution < -0.4 is 15.3 Å². The van der Waals surface area contributed by atoms with Crippen LogP contribution in [-0.4, -0.2) is 50.3 Å². The molecule has 0 bridgehead atoms. The van der Waals surface area contributed by atoms with Crippen LogP contribution in [0.3, 0.4) is 0 Å². The van der Waals surface area contributed by atoms with Crippen molar-refractivity contribution < 1.29 is 27.9 Å². The lowest BCUT2D eigenvalue weighted by atomic mass is 10.1. The van der Waals surface area contributed by atoms with Crippen molar-refractivity contribution in [3.05, 3.63) is 41.8 Å². The largest absolute Gasteiger partial charge is 0.462 e. The first kappa shape index (κ1) is 27.3. The summed E-state index contributed by atoms with van der Waals surface area (Å²) in [6.45, 7) is 6.93. The molecule has 1 saturated heterocycles. The molecule has 14 heteroatoms. The van der Waals surface area contributed by atoms with E-state index in [9.17, 15) is 9.36 Å². The molecule has 1 aliphatic rings. The second kappa shape index (κ2) is 11.3. The van der Waals surface area contributed by atoms with E-state index in [2.05, 4.69) is 20.0 Å². The molecule has 0 spiro atoms. The molecule has 5 atom stereocenters. The molecule has 3 heterocycles. The van der Waals surface area contributed by atoms with Crippen LogP contribution in [0, 0.1) is 5.92 Å². The Morgan fingerprint density at radius 1 is 1.30 bits per heavy atom. The van der Waals surface area contributed by atoms with Crippen LogP contribution in [0.5, 0.6) is 5.75 Å². The number of imidazole rings is 1. The van der Waals surface area contributed by atoms with Crippen LogP contribution in [0.4, 0.5) is 5.95 Å². The van der Waals surface area contributed by atoms with Gasteiger partial charge in [0.1, 0.15) is 23.5 Å². The van der Waals surface area contributed by atoms with Crippen LogP contribution >= 0.6 is 19.3 Å². The second-order valence-electron chi connectivity index (χ2n) is 9.09. The van der Waals surface area contributed by atoms with Gasteiger partial charge in [-0.3, -0.25) is 13.9 Å². The summed E-state index contributed by atoms with van der Waals surface area (Å²) < 4.78 is 38.3. The van der Waals surface area contributed by atoms with E-state index < -0.39 is 32.1 Å². The van der Waals surface area contributed by atoms with E-state index in [4.69, 9.17) is 35.9 Å². The van der Waals surface area contributed by atoms with E-state index in [0.29, 0.717) is 23.3 Å². The maximum absolute atomic E-state index is 13.7. The van der Waals surface area contributed by atoms with Crippen molar-refractivity contribution in [3.8, 4) is 5.75 Å². The number of fused-ring (bicyclic) bond motifs is 1. The minimum Gasteiger partial charge on any atom is -0.462 e. The summed E-state index contributed by atoms with van der Waals surface area (Å²) in [4.78, 5) is 24.8. The number of carbonyl (C=O) groups is 1. The molecule has 0 amide bonds. The van der Waals surface area contributed by atoms with Crippen LogP contribution in [0.15, 0.2) is 36.7 Å². The van der Waals surface area contributed by atoms with Gasteiger partial charge in [0.05, 0.1) is 25.1 Å². The van der Waals surface area contributed by atoms with Gasteiger partial charge in [-0.25, -0.2) is 9.55 Å². The summed E-state index contributed by atoms with van der Waals surface area (Å²) in [6, 6.07) is 7.61. The summed E-state index contributed by atoms with van der Waals surface area (Å²) in [5.41, 5.74) is 6.63. The minimum atomic E-state index is -4.00. The smallest absolute Gasteiger partial charge is 0.459 e. The van der Waals surface area contributed by atoms with E-state index in [1.165, 1.54) is 6.92 Å². The predicted molar refractivity (Wildman–Crippen MR) is 137 cm³/mol. The monoisotopic (exact) mass is 552 g/mol. The van der Waals surface area contributed by atoms with E-state index >= 15 is 0 Å². The Bertz CT molecular complexity index is 1290. The van der Waals surface area contributed by atoms with Gasteiger partial charge in [-0.1, -0.05) is 36.7 Å². The molecule has 0 aliphatic carbocycles. The second-order valence-corrected chi connectivity index (χ2v) is 11.1. The zero-order valence-corrected chi connectivity index (χ0v) is 22.6. The van der Waals surface area contributed by atoms with Crippen LogP contribution in [0.2, 0.25) is 5.15 Å². The number of nitrogens with zero attached hydrogens (tertiary/aromatic N) is 4. The standard InChI is InChI=1S/C23H30ClN6O6P/c1-13(2)34-22(31)15(4)29-37(32,36-16-8-6-5-7-9-16)33-11-17-10-14(3)21(35-17)30-12-26-18-19(24)27-23(25)28-20(18)30/h5-9,12-15,17,21H,10-11H2,1-4H3,(H,29,32)(H2,25,27,28)/t14-,15+,17-,21?,37?/m0/s1. The normalized spacial score (nSPS) is 22.2. The number of hydrogen-bond acceptors (Lipinski definition) is 10. The summed E-state index contributed by atoms with van der Waals surface area (Å²) in [5.74, 6) is -0.197. The predicted octanol–water partition coefficient (Wildman–Crippen LogP) is 4.12. The zero-order chi connectivity index (χ0) is 26.7. The molecule has 12 nitrogen and oxygen atoms in total. The van der Waals surface area contributed by atoms with Gasteiger partial charge in [0.25, 0.3) is 0 Å². The number of nitrogens with two attached hydrogens (primary N) is 1. The average Bonchev–Trinajstić information content (AvgIpc) is 3.41. The third kappa shape index (κ3) is 6.58. The maximum atomic E-state index is 13.7.